The number of nitrogens with one attached hydrogen (secondary N) is 1. The summed E-state index contributed by atoms with van der Waals surface area (Å²) < 4.78 is 11.8. The van der Waals surface area contributed by atoms with Crippen LogP contribution in [0.15, 0.2) is 63.5 Å². The van der Waals surface area contributed by atoms with Gasteiger partial charge in [-0.25, -0.2) is 5.43 Å². The first-order chi connectivity index (χ1) is 15.3. The van der Waals surface area contributed by atoms with E-state index in [1.807, 2.05) is 69.3 Å². The fraction of sp³-hybridized carbons (Fsp3) is 0.261. The predicted octanol–water partition coefficient (Wildman–Crippen LogP) is 3.28. The molecule has 9 heteroatoms. The van der Waals surface area contributed by atoms with Crippen LogP contribution in [0.4, 0.5) is 5.95 Å². The van der Waals surface area contributed by atoms with Gasteiger partial charge in [0.25, 0.3) is 11.5 Å². The predicted molar refractivity (Wildman–Crippen MR) is 125 cm³/mol. The number of rotatable bonds is 7. The lowest BCUT2D eigenvalue weighted by atomic mass is 9.93. The molecule has 0 aliphatic carbocycles. The first-order valence-corrected chi connectivity index (χ1v) is 9.95. The summed E-state index contributed by atoms with van der Waals surface area (Å²) in [5.41, 5.74) is 3.60. The molecule has 0 spiro atoms. The van der Waals surface area contributed by atoms with Crippen molar-refractivity contribution in [3.8, 4) is 11.5 Å². The Morgan fingerprint density at radius 2 is 1.47 bits per heavy atom. The highest BCUT2D eigenvalue weighted by Crippen LogP contribution is 2.18. The zero-order chi connectivity index (χ0) is 23.1. The Hall–Kier alpha value is -4.01. The van der Waals surface area contributed by atoms with E-state index in [4.69, 9.17) is 9.47 Å². The van der Waals surface area contributed by atoms with Crippen molar-refractivity contribution in [3.63, 3.8) is 0 Å². The Morgan fingerprint density at radius 3 is 2.03 bits per heavy atom. The van der Waals surface area contributed by atoms with E-state index in [2.05, 4.69) is 25.8 Å². The van der Waals surface area contributed by atoms with Gasteiger partial charge in [0.1, 0.15) is 17.2 Å². The largest absolute Gasteiger partial charge is 0.496 e. The molecule has 2 aromatic carbocycles. The third-order valence-electron chi connectivity index (χ3n) is 4.51. The molecular formula is C23H26N6O3. The van der Waals surface area contributed by atoms with Crippen LogP contribution >= 0.6 is 0 Å². The van der Waals surface area contributed by atoms with Crippen molar-refractivity contribution in [2.24, 2.45) is 10.2 Å². The zero-order valence-electron chi connectivity index (χ0n) is 18.7. The van der Waals surface area contributed by atoms with Crippen LogP contribution < -0.4 is 20.5 Å². The topological polar surface area (TPSA) is 103 Å². The highest BCUT2D eigenvalue weighted by molar-refractivity contribution is 5.84. The number of aromatic nitrogens is 3. The van der Waals surface area contributed by atoms with E-state index in [-0.39, 0.29) is 11.6 Å². The maximum atomic E-state index is 13.1. The lowest BCUT2D eigenvalue weighted by Gasteiger charge is -2.17. The second-order valence-electron chi connectivity index (χ2n) is 7.84. The summed E-state index contributed by atoms with van der Waals surface area (Å²) in [6.07, 6.45) is 3.10. The van der Waals surface area contributed by atoms with Crippen molar-refractivity contribution >= 4 is 18.4 Å². The fourth-order valence-corrected chi connectivity index (χ4v) is 2.85. The van der Waals surface area contributed by atoms with Gasteiger partial charge in [-0.05, 0) is 24.3 Å². The van der Waals surface area contributed by atoms with E-state index >= 15 is 0 Å². The number of benzene rings is 2. The number of para-hydroxylation sites is 2. The normalized spacial score (nSPS) is 11.8. The molecule has 3 rings (SSSR count). The molecule has 0 atom stereocenters. The Labute approximate surface area is 186 Å². The first kappa shape index (κ1) is 22.7. The number of hydrazone groups is 1. The summed E-state index contributed by atoms with van der Waals surface area (Å²) in [7, 11) is 3.16. The molecule has 0 aliphatic heterocycles. The minimum atomic E-state index is -0.509. The van der Waals surface area contributed by atoms with E-state index in [0.717, 1.165) is 10.2 Å². The third kappa shape index (κ3) is 5.18. The average molecular weight is 435 g/mol. The number of anilines is 1. The molecule has 0 radical (unpaired) electrons. The molecule has 0 unspecified atom stereocenters. The third-order valence-corrected chi connectivity index (χ3v) is 4.51. The van der Waals surface area contributed by atoms with Crippen molar-refractivity contribution in [3.05, 3.63) is 75.7 Å². The molecule has 0 saturated carbocycles. The summed E-state index contributed by atoms with van der Waals surface area (Å²) in [4.78, 5) is 13.1. The Balaban J connectivity index is 2.00. The van der Waals surface area contributed by atoms with Crippen LogP contribution in [0.25, 0.3) is 0 Å². The van der Waals surface area contributed by atoms with Crippen LogP contribution in [-0.4, -0.2) is 41.5 Å². The van der Waals surface area contributed by atoms with E-state index in [0.29, 0.717) is 17.1 Å². The highest BCUT2D eigenvalue weighted by Gasteiger charge is 2.23. The van der Waals surface area contributed by atoms with Gasteiger partial charge >= 0.3 is 0 Å². The van der Waals surface area contributed by atoms with E-state index < -0.39 is 11.0 Å². The SMILES string of the molecule is COc1ccccc1/C=N/Nc1nnc(C(C)(C)C)c(=O)n1/N=C/c1ccccc1OC. The van der Waals surface area contributed by atoms with Gasteiger partial charge in [0.2, 0.25) is 0 Å². The molecule has 0 bridgehead atoms. The number of hydrogen-bond acceptors (Lipinski definition) is 8. The number of hydrogen-bond donors (Lipinski definition) is 1. The number of ether oxygens (including phenoxy) is 2. The Bertz CT molecular complexity index is 1190. The molecule has 3 aromatic rings. The van der Waals surface area contributed by atoms with Gasteiger partial charge in [0, 0.05) is 16.5 Å². The molecule has 0 aliphatic rings. The summed E-state index contributed by atoms with van der Waals surface area (Å²) >= 11 is 0. The molecule has 0 saturated heterocycles. The van der Waals surface area contributed by atoms with Crippen LogP contribution in [0.1, 0.15) is 37.6 Å². The Kier molecular flexibility index (Phi) is 6.99. The van der Waals surface area contributed by atoms with Crippen LogP contribution in [0, 0.1) is 0 Å². The summed E-state index contributed by atoms with van der Waals surface area (Å²) in [6.45, 7) is 5.67. The van der Waals surface area contributed by atoms with Crippen LogP contribution in [-0.2, 0) is 5.41 Å². The first-order valence-electron chi connectivity index (χ1n) is 9.95. The van der Waals surface area contributed by atoms with Crippen molar-refractivity contribution in [1.29, 1.82) is 0 Å². The summed E-state index contributed by atoms with van der Waals surface area (Å²) in [5.74, 6) is 1.37. The lowest BCUT2D eigenvalue weighted by Crippen LogP contribution is -2.33. The molecule has 9 nitrogen and oxygen atoms in total. The van der Waals surface area contributed by atoms with Gasteiger partial charge in [-0.2, -0.15) is 14.9 Å². The van der Waals surface area contributed by atoms with Gasteiger partial charge in [-0.15, -0.1) is 10.2 Å². The van der Waals surface area contributed by atoms with Crippen molar-refractivity contribution in [2.75, 3.05) is 19.6 Å². The van der Waals surface area contributed by atoms with Gasteiger partial charge in [0.05, 0.1) is 26.6 Å². The molecule has 32 heavy (non-hydrogen) atoms. The molecule has 0 fully saturated rings. The van der Waals surface area contributed by atoms with Crippen molar-refractivity contribution in [2.45, 2.75) is 26.2 Å². The van der Waals surface area contributed by atoms with Gasteiger partial charge in [-0.1, -0.05) is 45.0 Å². The molecule has 0 amide bonds. The van der Waals surface area contributed by atoms with Crippen LogP contribution in [0.3, 0.4) is 0 Å². The minimum Gasteiger partial charge on any atom is -0.496 e. The van der Waals surface area contributed by atoms with E-state index in [1.54, 1.807) is 20.4 Å². The van der Waals surface area contributed by atoms with Gasteiger partial charge in [0.15, 0.2) is 0 Å². The standard InChI is InChI=1S/C23H26N6O3/c1-23(2,3)20-21(30)29(25-15-17-11-7-9-13-19(17)32-5)22(28-26-20)27-24-14-16-10-6-8-12-18(16)31-4/h6-15H,1-5H3,(H,27,28)/b24-14+,25-15+. The number of nitrogens with zero attached hydrogens (tertiary/aromatic N) is 5. The van der Waals surface area contributed by atoms with Gasteiger partial charge < -0.3 is 9.47 Å². The molecule has 1 N–H and O–H groups in total. The maximum absolute atomic E-state index is 13.1. The second-order valence-corrected chi connectivity index (χ2v) is 7.84. The van der Waals surface area contributed by atoms with E-state index in [9.17, 15) is 4.79 Å². The molecule has 166 valence electrons. The maximum Gasteiger partial charge on any atom is 0.298 e. The minimum absolute atomic E-state index is 0.0697. The summed E-state index contributed by atoms with van der Waals surface area (Å²) in [5, 5.41) is 16.8. The van der Waals surface area contributed by atoms with Crippen molar-refractivity contribution < 1.29 is 9.47 Å². The molecular weight excluding hydrogens is 408 g/mol. The Morgan fingerprint density at radius 1 is 0.906 bits per heavy atom. The lowest BCUT2D eigenvalue weighted by molar-refractivity contribution is 0.414. The van der Waals surface area contributed by atoms with Crippen LogP contribution in [0.2, 0.25) is 0 Å². The fourth-order valence-electron chi connectivity index (χ4n) is 2.85. The quantitative estimate of drug-likeness (QED) is 0.452. The molecule has 1 heterocycles. The molecule has 1 aromatic heterocycles. The smallest absolute Gasteiger partial charge is 0.298 e. The second kappa shape index (κ2) is 9.86. The summed E-state index contributed by atoms with van der Waals surface area (Å²) in [6, 6.07) is 14.8. The van der Waals surface area contributed by atoms with Gasteiger partial charge in [-0.3, -0.25) is 4.79 Å². The van der Waals surface area contributed by atoms with Crippen molar-refractivity contribution in [1.82, 2.24) is 14.9 Å². The number of methoxy groups -OCH3 is 2. The van der Waals surface area contributed by atoms with Crippen LogP contribution in [0.5, 0.6) is 11.5 Å². The highest BCUT2D eigenvalue weighted by atomic mass is 16.5. The monoisotopic (exact) mass is 434 g/mol. The van der Waals surface area contributed by atoms with E-state index in [1.165, 1.54) is 6.21 Å². The average Bonchev–Trinajstić information content (AvgIpc) is 2.78. The zero-order valence-corrected chi connectivity index (χ0v) is 18.7.